The van der Waals surface area contributed by atoms with Gasteiger partial charge in [0.05, 0.1) is 6.04 Å². The maximum absolute atomic E-state index is 14.1. The molecule has 1 aliphatic heterocycles. The SMILES string of the molecule is [O-][S+](c1nc2n(n1)[C@H](c1cc(F)ccc1F)C[C@@H]2F)[C@H]1C[C@@H]1F. The average Bonchev–Trinajstić information content (AvgIpc) is 2.96. The summed E-state index contributed by atoms with van der Waals surface area (Å²) in [5.41, 5.74) is -0.0385. The highest BCUT2D eigenvalue weighted by Gasteiger charge is 2.51. The maximum atomic E-state index is 14.1. The number of aromatic nitrogens is 3. The lowest BCUT2D eigenvalue weighted by Crippen LogP contribution is -2.14. The number of rotatable bonds is 3. The summed E-state index contributed by atoms with van der Waals surface area (Å²) in [6.45, 7) is 0. The molecule has 0 N–H and O–H groups in total. The topological polar surface area (TPSA) is 53.8 Å². The summed E-state index contributed by atoms with van der Waals surface area (Å²) >= 11 is -1.76. The molecule has 1 fully saturated rings. The largest absolute Gasteiger partial charge is 0.609 e. The zero-order valence-electron chi connectivity index (χ0n) is 11.6. The van der Waals surface area contributed by atoms with Crippen LogP contribution in [-0.2, 0) is 11.2 Å². The second-order valence-electron chi connectivity index (χ2n) is 5.67. The van der Waals surface area contributed by atoms with Crippen LogP contribution in [0, 0.1) is 11.6 Å². The van der Waals surface area contributed by atoms with Crippen LogP contribution in [0.1, 0.15) is 36.4 Å². The van der Waals surface area contributed by atoms with Crippen LogP contribution in [0.2, 0.25) is 0 Å². The van der Waals surface area contributed by atoms with Gasteiger partial charge in [0, 0.05) is 29.6 Å². The van der Waals surface area contributed by atoms with Crippen molar-refractivity contribution in [2.24, 2.45) is 0 Å². The summed E-state index contributed by atoms with van der Waals surface area (Å²) in [4.78, 5) is 3.89. The van der Waals surface area contributed by atoms with Gasteiger partial charge in [0.1, 0.15) is 11.6 Å². The van der Waals surface area contributed by atoms with Crippen molar-refractivity contribution in [1.82, 2.24) is 14.8 Å². The lowest BCUT2D eigenvalue weighted by molar-refractivity contribution is 0.325. The van der Waals surface area contributed by atoms with Crippen LogP contribution in [0.4, 0.5) is 17.6 Å². The standard InChI is InChI=1S/C14H11F4N3OS/c15-6-1-2-8(16)7(3-6)11-4-10(18)13-19-14(20-21(11)13)23(22)12-5-9(12)17/h1-3,9-12H,4-5H2/t9-,10-,11-,12-,23?/m0/s1. The highest BCUT2D eigenvalue weighted by Crippen LogP contribution is 2.42. The minimum Gasteiger partial charge on any atom is -0.609 e. The molecule has 0 spiro atoms. The van der Waals surface area contributed by atoms with Gasteiger partial charge in [-0.3, -0.25) is 0 Å². The fraction of sp³-hybridized carbons (Fsp3) is 0.429. The third-order valence-corrected chi connectivity index (χ3v) is 5.64. The normalized spacial score (nSPS) is 30.3. The van der Waals surface area contributed by atoms with Gasteiger partial charge in [-0.2, -0.15) is 4.98 Å². The highest BCUT2D eigenvalue weighted by atomic mass is 32.2. The summed E-state index contributed by atoms with van der Waals surface area (Å²) in [5, 5.41) is 3.15. The van der Waals surface area contributed by atoms with Crippen molar-refractivity contribution in [3.8, 4) is 0 Å². The average molecular weight is 345 g/mol. The molecule has 1 unspecified atom stereocenters. The number of hydrogen-bond acceptors (Lipinski definition) is 3. The van der Waals surface area contributed by atoms with Gasteiger partial charge in [0.2, 0.25) is 0 Å². The molecular formula is C14H11F4N3OS. The quantitative estimate of drug-likeness (QED) is 0.635. The van der Waals surface area contributed by atoms with Crippen molar-refractivity contribution in [2.45, 2.75) is 41.6 Å². The van der Waals surface area contributed by atoms with Crippen molar-refractivity contribution in [3.63, 3.8) is 0 Å². The maximum Gasteiger partial charge on any atom is 0.362 e. The molecule has 4 nitrogen and oxygen atoms in total. The fourth-order valence-electron chi connectivity index (χ4n) is 2.77. The van der Waals surface area contributed by atoms with Gasteiger partial charge in [-0.25, -0.2) is 22.2 Å². The second kappa shape index (κ2) is 5.20. The van der Waals surface area contributed by atoms with E-state index in [4.69, 9.17) is 0 Å². The third kappa shape index (κ3) is 2.42. The van der Waals surface area contributed by atoms with Gasteiger partial charge in [0.25, 0.3) is 0 Å². The van der Waals surface area contributed by atoms with Gasteiger partial charge < -0.3 is 4.55 Å². The van der Waals surface area contributed by atoms with E-state index in [1.165, 1.54) is 0 Å². The summed E-state index contributed by atoms with van der Waals surface area (Å²) < 4.78 is 67.7. The number of nitrogens with zero attached hydrogens (tertiary/aromatic N) is 3. The summed E-state index contributed by atoms with van der Waals surface area (Å²) in [6.07, 6.45) is -2.65. The summed E-state index contributed by atoms with van der Waals surface area (Å²) in [6, 6.07) is 2.05. The molecule has 1 aromatic heterocycles. The number of benzene rings is 1. The Bertz CT molecular complexity index is 770. The Labute approximate surface area is 131 Å². The molecule has 0 radical (unpaired) electrons. The van der Waals surface area contributed by atoms with E-state index in [9.17, 15) is 22.1 Å². The number of fused-ring (bicyclic) bond motifs is 1. The van der Waals surface area contributed by atoms with Crippen LogP contribution < -0.4 is 0 Å². The molecule has 1 aromatic carbocycles. The molecule has 9 heteroatoms. The molecule has 2 aromatic rings. The Morgan fingerprint density at radius 2 is 1.96 bits per heavy atom. The first-order valence-electron chi connectivity index (χ1n) is 7.06. The lowest BCUT2D eigenvalue weighted by Gasteiger charge is -2.13. The zero-order chi connectivity index (χ0) is 16.3. The molecule has 5 atom stereocenters. The van der Waals surface area contributed by atoms with Crippen LogP contribution in [0.3, 0.4) is 0 Å². The molecule has 0 amide bonds. The first-order valence-corrected chi connectivity index (χ1v) is 8.27. The minimum atomic E-state index is -1.76. The molecule has 2 heterocycles. The molecular weight excluding hydrogens is 334 g/mol. The van der Waals surface area contributed by atoms with Gasteiger partial charge in [-0.15, -0.1) is 5.10 Å². The van der Waals surface area contributed by atoms with Gasteiger partial charge >= 0.3 is 5.16 Å². The highest BCUT2D eigenvalue weighted by molar-refractivity contribution is 7.92. The van der Waals surface area contributed by atoms with Crippen LogP contribution in [0.25, 0.3) is 0 Å². The van der Waals surface area contributed by atoms with Gasteiger partial charge in [-0.1, -0.05) is 0 Å². The van der Waals surface area contributed by atoms with Gasteiger partial charge in [0.15, 0.2) is 23.4 Å². The smallest absolute Gasteiger partial charge is 0.362 e. The van der Waals surface area contributed by atoms with Crippen LogP contribution in [-0.4, -0.2) is 30.7 Å². The van der Waals surface area contributed by atoms with Crippen molar-refractivity contribution in [1.29, 1.82) is 0 Å². The van der Waals surface area contributed by atoms with E-state index in [1.807, 2.05) is 0 Å². The predicted molar refractivity (Wildman–Crippen MR) is 72.7 cm³/mol. The lowest BCUT2D eigenvalue weighted by atomic mass is 10.0. The minimum absolute atomic E-state index is 0.0385. The number of hydrogen-bond donors (Lipinski definition) is 0. The Balaban J connectivity index is 1.71. The molecule has 23 heavy (non-hydrogen) atoms. The molecule has 122 valence electrons. The van der Waals surface area contributed by atoms with Crippen LogP contribution >= 0.6 is 0 Å². The summed E-state index contributed by atoms with van der Waals surface area (Å²) in [5.74, 6) is -1.41. The predicted octanol–water partition coefficient (Wildman–Crippen LogP) is 2.78. The van der Waals surface area contributed by atoms with Crippen molar-refractivity contribution in [2.75, 3.05) is 0 Å². The third-order valence-electron chi connectivity index (χ3n) is 4.07. The molecule has 0 bridgehead atoms. The monoisotopic (exact) mass is 345 g/mol. The van der Waals surface area contributed by atoms with E-state index in [2.05, 4.69) is 10.1 Å². The second-order valence-corrected chi connectivity index (χ2v) is 7.24. The van der Waals surface area contributed by atoms with E-state index >= 15 is 0 Å². The number of halogens is 4. The molecule has 0 saturated heterocycles. The molecule has 1 aliphatic carbocycles. The van der Waals surface area contributed by atoms with Gasteiger partial charge in [-0.05, 0) is 18.2 Å². The Morgan fingerprint density at radius 1 is 1.22 bits per heavy atom. The van der Waals surface area contributed by atoms with E-state index in [0.717, 1.165) is 22.9 Å². The van der Waals surface area contributed by atoms with E-state index in [-0.39, 0.29) is 29.4 Å². The first-order chi connectivity index (χ1) is 11.0. The fourth-order valence-corrected chi connectivity index (χ4v) is 4.02. The molecule has 4 rings (SSSR count). The van der Waals surface area contributed by atoms with Crippen LogP contribution in [0.15, 0.2) is 23.4 Å². The van der Waals surface area contributed by atoms with E-state index in [1.54, 1.807) is 0 Å². The number of alkyl halides is 2. The Kier molecular flexibility index (Phi) is 3.38. The Hall–Kier alpha value is -1.61. The van der Waals surface area contributed by atoms with Crippen LogP contribution in [0.5, 0.6) is 0 Å². The van der Waals surface area contributed by atoms with Crippen molar-refractivity contribution >= 4 is 11.2 Å². The first kappa shape index (κ1) is 14.9. The molecule has 1 saturated carbocycles. The van der Waals surface area contributed by atoms with Crippen molar-refractivity contribution in [3.05, 3.63) is 41.2 Å². The van der Waals surface area contributed by atoms with E-state index in [0.29, 0.717) is 0 Å². The van der Waals surface area contributed by atoms with E-state index < -0.39 is 46.4 Å². The summed E-state index contributed by atoms with van der Waals surface area (Å²) in [7, 11) is 0. The molecule has 2 aliphatic rings. The Morgan fingerprint density at radius 3 is 2.65 bits per heavy atom. The van der Waals surface area contributed by atoms with Crippen molar-refractivity contribution < 1.29 is 22.1 Å². The zero-order valence-corrected chi connectivity index (χ0v) is 12.4.